The molecular formula is C9H14INO2. The van der Waals surface area contributed by atoms with Crippen molar-refractivity contribution in [3.8, 4) is 0 Å². The van der Waals surface area contributed by atoms with Crippen LogP contribution in [0.4, 0.5) is 0 Å². The maximum atomic E-state index is 11.7. The molecule has 1 aliphatic carbocycles. The van der Waals surface area contributed by atoms with Gasteiger partial charge < -0.3 is 9.64 Å². The minimum atomic E-state index is 0.189. The van der Waals surface area contributed by atoms with E-state index in [1.54, 1.807) is 0 Å². The molecule has 0 bridgehead atoms. The van der Waals surface area contributed by atoms with E-state index in [0.29, 0.717) is 18.4 Å². The maximum Gasteiger partial charge on any atom is 0.223 e. The fourth-order valence-corrected chi connectivity index (χ4v) is 2.26. The largest absolute Gasteiger partial charge is 0.364 e. The summed E-state index contributed by atoms with van der Waals surface area (Å²) in [5, 5.41) is 0. The number of alkyl halides is 1. The molecule has 1 atom stereocenters. The van der Waals surface area contributed by atoms with Crippen molar-refractivity contribution in [2.45, 2.75) is 23.4 Å². The highest BCUT2D eigenvalue weighted by Gasteiger charge is 2.29. The third-order valence-electron chi connectivity index (χ3n) is 2.54. The Bertz CT molecular complexity index is 206. The molecule has 0 aromatic carbocycles. The number of ether oxygens (including phenoxy) is 1. The molecule has 0 spiro atoms. The van der Waals surface area contributed by atoms with Crippen molar-refractivity contribution in [2.24, 2.45) is 5.92 Å². The molecule has 0 aromatic heterocycles. The van der Waals surface area contributed by atoms with Crippen molar-refractivity contribution < 1.29 is 9.53 Å². The Kier molecular flexibility index (Phi) is 3.08. The number of hydrogen-bond donors (Lipinski definition) is 0. The molecule has 0 unspecified atom stereocenters. The first-order valence-electron chi connectivity index (χ1n) is 4.79. The van der Waals surface area contributed by atoms with Gasteiger partial charge >= 0.3 is 0 Å². The van der Waals surface area contributed by atoms with Gasteiger partial charge in [0.15, 0.2) is 0 Å². The molecule has 1 saturated heterocycles. The summed E-state index contributed by atoms with van der Waals surface area (Å²) >= 11 is 2.24. The zero-order valence-electron chi connectivity index (χ0n) is 7.54. The molecule has 74 valence electrons. The van der Waals surface area contributed by atoms with E-state index in [-0.39, 0.29) is 4.11 Å². The smallest absolute Gasteiger partial charge is 0.223 e. The second-order valence-corrected chi connectivity index (χ2v) is 5.16. The summed E-state index contributed by atoms with van der Waals surface area (Å²) in [7, 11) is 0. The van der Waals surface area contributed by atoms with Crippen molar-refractivity contribution in [1.82, 2.24) is 4.90 Å². The van der Waals surface area contributed by atoms with Crippen LogP contribution in [0, 0.1) is 5.92 Å². The van der Waals surface area contributed by atoms with E-state index in [1.165, 1.54) is 12.8 Å². The SMILES string of the molecule is O=C(CC1CC1)N1CCO[C@H](I)C1. The second kappa shape index (κ2) is 4.13. The Balaban J connectivity index is 1.80. The molecule has 0 N–H and O–H groups in total. The molecule has 2 rings (SSSR count). The van der Waals surface area contributed by atoms with Gasteiger partial charge in [0.1, 0.15) is 4.11 Å². The van der Waals surface area contributed by atoms with Gasteiger partial charge in [-0.1, -0.05) is 0 Å². The van der Waals surface area contributed by atoms with E-state index in [9.17, 15) is 4.79 Å². The molecular weight excluding hydrogens is 281 g/mol. The molecule has 2 fully saturated rings. The zero-order chi connectivity index (χ0) is 9.26. The lowest BCUT2D eigenvalue weighted by molar-refractivity contribution is -0.136. The standard InChI is InChI=1S/C9H14INO2/c10-8-6-11(3-4-13-8)9(12)5-7-1-2-7/h7-8H,1-6H2/t8-/m0/s1. The summed E-state index contributed by atoms with van der Waals surface area (Å²) < 4.78 is 5.56. The highest BCUT2D eigenvalue weighted by molar-refractivity contribution is 14.1. The van der Waals surface area contributed by atoms with Gasteiger partial charge in [-0.2, -0.15) is 0 Å². The van der Waals surface area contributed by atoms with Crippen molar-refractivity contribution in [2.75, 3.05) is 19.7 Å². The zero-order valence-corrected chi connectivity index (χ0v) is 9.70. The summed E-state index contributed by atoms with van der Waals surface area (Å²) in [5.41, 5.74) is 0. The molecule has 0 radical (unpaired) electrons. The highest BCUT2D eigenvalue weighted by atomic mass is 127. The first-order valence-corrected chi connectivity index (χ1v) is 6.03. The summed E-state index contributed by atoms with van der Waals surface area (Å²) in [6.07, 6.45) is 3.27. The van der Waals surface area contributed by atoms with Crippen LogP contribution in [0.5, 0.6) is 0 Å². The number of hydrogen-bond acceptors (Lipinski definition) is 2. The number of rotatable bonds is 2. The van der Waals surface area contributed by atoms with Crippen molar-refractivity contribution >= 4 is 28.5 Å². The molecule has 1 saturated carbocycles. The molecule has 3 nitrogen and oxygen atoms in total. The van der Waals surface area contributed by atoms with Gasteiger partial charge in [-0.05, 0) is 41.4 Å². The highest BCUT2D eigenvalue weighted by Crippen LogP contribution is 2.33. The quantitative estimate of drug-likeness (QED) is 0.569. The van der Waals surface area contributed by atoms with E-state index in [4.69, 9.17) is 4.74 Å². The fourth-order valence-electron chi connectivity index (χ4n) is 1.53. The number of carbonyl (C=O) groups is 1. The number of halogens is 1. The topological polar surface area (TPSA) is 29.5 Å². The van der Waals surface area contributed by atoms with Crippen molar-refractivity contribution in [1.29, 1.82) is 0 Å². The van der Waals surface area contributed by atoms with Gasteiger partial charge in [0.25, 0.3) is 0 Å². The van der Waals surface area contributed by atoms with Crippen LogP contribution in [-0.2, 0) is 9.53 Å². The third-order valence-corrected chi connectivity index (χ3v) is 3.29. The molecule has 1 aliphatic heterocycles. The minimum absolute atomic E-state index is 0.189. The maximum absolute atomic E-state index is 11.7. The van der Waals surface area contributed by atoms with Gasteiger partial charge in [0.05, 0.1) is 13.2 Å². The monoisotopic (exact) mass is 295 g/mol. The number of amides is 1. The Morgan fingerprint density at radius 3 is 2.92 bits per heavy atom. The predicted octanol–water partition coefficient (Wildman–Crippen LogP) is 1.41. The van der Waals surface area contributed by atoms with E-state index in [0.717, 1.165) is 19.5 Å². The number of morpholine rings is 1. The van der Waals surface area contributed by atoms with Crippen molar-refractivity contribution in [3.63, 3.8) is 0 Å². The molecule has 1 amide bonds. The third kappa shape index (κ3) is 2.80. The molecule has 13 heavy (non-hydrogen) atoms. The lowest BCUT2D eigenvalue weighted by atomic mass is 10.2. The van der Waals surface area contributed by atoms with Crippen LogP contribution in [0.2, 0.25) is 0 Å². The van der Waals surface area contributed by atoms with Gasteiger partial charge in [-0.25, -0.2) is 0 Å². The van der Waals surface area contributed by atoms with Crippen molar-refractivity contribution in [3.05, 3.63) is 0 Å². The van der Waals surface area contributed by atoms with E-state index >= 15 is 0 Å². The normalized spacial score (nSPS) is 29.0. The fraction of sp³-hybridized carbons (Fsp3) is 0.889. The van der Waals surface area contributed by atoms with E-state index < -0.39 is 0 Å². The lowest BCUT2D eigenvalue weighted by Gasteiger charge is -2.30. The second-order valence-electron chi connectivity index (χ2n) is 3.77. The Morgan fingerprint density at radius 1 is 1.54 bits per heavy atom. The van der Waals surface area contributed by atoms with E-state index in [1.807, 2.05) is 4.90 Å². The van der Waals surface area contributed by atoms with Gasteiger partial charge in [0.2, 0.25) is 5.91 Å². The molecule has 1 heterocycles. The summed E-state index contributed by atoms with van der Waals surface area (Å²) in [4.78, 5) is 13.6. The summed E-state index contributed by atoms with van der Waals surface area (Å²) in [5.74, 6) is 1.02. The van der Waals surface area contributed by atoms with Crippen LogP contribution in [0.3, 0.4) is 0 Å². The van der Waals surface area contributed by atoms with Gasteiger partial charge in [-0.3, -0.25) is 4.79 Å². The first kappa shape index (κ1) is 9.71. The minimum Gasteiger partial charge on any atom is -0.364 e. The summed E-state index contributed by atoms with van der Waals surface area (Å²) in [6.45, 7) is 2.25. The van der Waals surface area contributed by atoms with Gasteiger partial charge in [0, 0.05) is 13.0 Å². The first-order chi connectivity index (χ1) is 6.25. The summed E-state index contributed by atoms with van der Waals surface area (Å²) in [6, 6.07) is 0. The van der Waals surface area contributed by atoms with Crippen LogP contribution in [0.15, 0.2) is 0 Å². The lowest BCUT2D eigenvalue weighted by Crippen LogP contribution is -2.43. The van der Waals surface area contributed by atoms with Crippen LogP contribution in [0.25, 0.3) is 0 Å². The van der Waals surface area contributed by atoms with E-state index in [2.05, 4.69) is 22.6 Å². The molecule has 2 aliphatic rings. The van der Waals surface area contributed by atoms with Crippen LogP contribution in [-0.4, -0.2) is 34.6 Å². The van der Waals surface area contributed by atoms with Crippen LogP contribution >= 0.6 is 22.6 Å². The predicted molar refractivity (Wildman–Crippen MR) is 57.7 cm³/mol. The average molecular weight is 295 g/mol. The number of nitrogens with zero attached hydrogens (tertiary/aromatic N) is 1. The van der Waals surface area contributed by atoms with Gasteiger partial charge in [-0.15, -0.1) is 0 Å². The Hall–Kier alpha value is 0.160. The number of carbonyl (C=O) groups excluding carboxylic acids is 1. The average Bonchev–Trinajstić information content (AvgIpc) is 2.88. The molecule has 0 aromatic rings. The van der Waals surface area contributed by atoms with Crippen LogP contribution in [0.1, 0.15) is 19.3 Å². The Labute approximate surface area is 91.9 Å². The molecule has 4 heteroatoms. The Morgan fingerprint density at radius 2 is 2.31 bits per heavy atom. The van der Waals surface area contributed by atoms with Crippen LogP contribution < -0.4 is 0 Å².